The number of rotatable bonds is 2. The van der Waals surface area contributed by atoms with Crippen LogP contribution in [-0.4, -0.2) is 0 Å². The van der Waals surface area contributed by atoms with E-state index in [0.29, 0.717) is 11.4 Å². The summed E-state index contributed by atoms with van der Waals surface area (Å²) in [6, 6.07) is 12.2. The lowest BCUT2D eigenvalue weighted by molar-refractivity contribution is 0.629. The molecule has 16 heavy (non-hydrogen) atoms. The van der Waals surface area contributed by atoms with Crippen molar-refractivity contribution in [3.63, 3.8) is 0 Å². The molecule has 0 amide bonds. The molecule has 0 aromatic heterocycles. The van der Waals surface area contributed by atoms with Crippen LogP contribution in [0.5, 0.6) is 0 Å². The Bertz CT molecular complexity index is 494. The van der Waals surface area contributed by atoms with Crippen molar-refractivity contribution < 1.29 is 4.39 Å². The van der Waals surface area contributed by atoms with Gasteiger partial charge >= 0.3 is 0 Å². The minimum Gasteiger partial charge on any atom is -0.399 e. The van der Waals surface area contributed by atoms with Crippen molar-refractivity contribution in [1.29, 1.82) is 0 Å². The highest BCUT2D eigenvalue weighted by Gasteiger charge is 2.01. The number of hydrogen-bond donors (Lipinski definition) is 2. The highest BCUT2D eigenvalue weighted by atomic mass is 127. The Hall–Kier alpha value is -1.30. The third-order valence-electron chi connectivity index (χ3n) is 2.07. The minimum absolute atomic E-state index is 0.339. The number of benzene rings is 2. The summed E-state index contributed by atoms with van der Waals surface area (Å²) in [5, 5.41) is 3.13. The second kappa shape index (κ2) is 4.69. The van der Waals surface area contributed by atoms with Gasteiger partial charge in [-0.15, -0.1) is 0 Å². The topological polar surface area (TPSA) is 38.0 Å². The first-order valence-corrected chi connectivity index (χ1v) is 5.80. The Morgan fingerprint density at radius 3 is 2.56 bits per heavy atom. The predicted octanol–water partition coefficient (Wildman–Crippen LogP) is 3.76. The Kier molecular flexibility index (Phi) is 3.28. The molecular weight excluding hydrogens is 318 g/mol. The Morgan fingerprint density at radius 1 is 1.12 bits per heavy atom. The monoisotopic (exact) mass is 328 g/mol. The van der Waals surface area contributed by atoms with E-state index in [2.05, 4.69) is 27.9 Å². The van der Waals surface area contributed by atoms with E-state index >= 15 is 0 Å². The van der Waals surface area contributed by atoms with Gasteiger partial charge in [0.25, 0.3) is 0 Å². The molecule has 0 saturated carbocycles. The number of anilines is 3. The lowest BCUT2D eigenvalue weighted by Gasteiger charge is -2.09. The molecular formula is C12H10FIN2. The SMILES string of the molecule is Nc1cc(F)cc(Nc2ccccc2I)c1. The fourth-order valence-corrected chi connectivity index (χ4v) is 1.92. The van der Waals surface area contributed by atoms with Crippen LogP contribution in [0.1, 0.15) is 0 Å². The zero-order chi connectivity index (χ0) is 11.5. The molecule has 3 N–H and O–H groups in total. The van der Waals surface area contributed by atoms with E-state index < -0.39 is 0 Å². The Morgan fingerprint density at radius 2 is 1.88 bits per heavy atom. The third-order valence-corrected chi connectivity index (χ3v) is 3.01. The van der Waals surface area contributed by atoms with Crippen molar-refractivity contribution in [3.05, 3.63) is 51.9 Å². The van der Waals surface area contributed by atoms with Gasteiger partial charge in [-0.05, 0) is 52.9 Å². The number of halogens is 2. The summed E-state index contributed by atoms with van der Waals surface area (Å²) in [5.74, 6) is -0.339. The zero-order valence-corrected chi connectivity index (χ0v) is 10.5. The first-order valence-electron chi connectivity index (χ1n) is 4.73. The van der Waals surface area contributed by atoms with E-state index in [1.165, 1.54) is 12.1 Å². The molecule has 0 radical (unpaired) electrons. The van der Waals surface area contributed by atoms with Crippen molar-refractivity contribution in [2.24, 2.45) is 0 Å². The third kappa shape index (κ3) is 2.63. The van der Waals surface area contributed by atoms with Crippen LogP contribution >= 0.6 is 22.6 Å². The van der Waals surface area contributed by atoms with E-state index in [9.17, 15) is 4.39 Å². The smallest absolute Gasteiger partial charge is 0.127 e. The Labute approximate surface area is 107 Å². The number of nitrogens with one attached hydrogen (secondary N) is 1. The van der Waals surface area contributed by atoms with E-state index in [1.54, 1.807) is 6.07 Å². The molecule has 0 spiro atoms. The molecule has 82 valence electrons. The molecule has 0 bridgehead atoms. The predicted molar refractivity (Wildman–Crippen MR) is 73.3 cm³/mol. The molecule has 2 nitrogen and oxygen atoms in total. The summed E-state index contributed by atoms with van der Waals surface area (Å²) < 4.78 is 14.2. The molecule has 4 heteroatoms. The highest BCUT2D eigenvalue weighted by Crippen LogP contribution is 2.24. The second-order valence-electron chi connectivity index (χ2n) is 3.38. The Balaban J connectivity index is 2.30. The van der Waals surface area contributed by atoms with Gasteiger partial charge in [0.2, 0.25) is 0 Å². The van der Waals surface area contributed by atoms with E-state index in [-0.39, 0.29) is 5.82 Å². The van der Waals surface area contributed by atoms with Gasteiger partial charge in [-0.1, -0.05) is 12.1 Å². The molecule has 0 fully saturated rings. The summed E-state index contributed by atoms with van der Waals surface area (Å²) in [7, 11) is 0. The number of para-hydroxylation sites is 1. The van der Waals surface area contributed by atoms with Crippen LogP contribution < -0.4 is 11.1 Å². The maximum Gasteiger partial charge on any atom is 0.127 e. The molecule has 0 heterocycles. The molecule has 2 aromatic carbocycles. The molecule has 2 rings (SSSR count). The standard InChI is InChI=1S/C12H10FIN2/c13-8-5-9(15)7-10(6-8)16-12-4-2-1-3-11(12)14/h1-7,16H,15H2. The summed E-state index contributed by atoms with van der Waals surface area (Å²) in [5.41, 5.74) is 7.57. The molecule has 0 saturated heterocycles. The van der Waals surface area contributed by atoms with E-state index in [1.807, 2.05) is 24.3 Å². The highest BCUT2D eigenvalue weighted by molar-refractivity contribution is 14.1. The molecule has 0 aliphatic carbocycles. The molecule has 0 unspecified atom stereocenters. The van der Waals surface area contributed by atoms with Crippen LogP contribution in [-0.2, 0) is 0 Å². The zero-order valence-electron chi connectivity index (χ0n) is 8.37. The van der Waals surface area contributed by atoms with E-state index in [0.717, 1.165) is 9.26 Å². The fourth-order valence-electron chi connectivity index (χ4n) is 1.40. The second-order valence-corrected chi connectivity index (χ2v) is 4.54. The summed E-state index contributed by atoms with van der Waals surface area (Å²) in [4.78, 5) is 0. The van der Waals surface area contributed by atoms with Gasteiger partial charge in [0.15, 0.2) is 0 Å². The maximum atomic E-state index is 13.1. The lowest BCUT2D eigenvalue weighted by atomic mass is 10.2. The minimum atomic E-state index is -0.339. The van der Waals surface area contributed by atoms with Gasteiger partial charge in [-0.2, -0.15) is 0 Å². The van der Waals surface area contributed by atoms with Gasteiger partial charge in [-0.25, -0.2) is 4.39 Å². The number of nitrogen functional groups attached to an aromatic ring is 1. The number of nitrogens with two attached hydrogens (primary N) is 1. The summed E-state index contributed by atoms with van der Waals surface area (Å²) in [6.45, 7) is 0. The normalized spacial score (nSPS) is 10.1. The van der Waals surface area contributed by atoms with Gasteiger partial charge < -0.3 is 11.1 Å². The fraction of sp³-hybridized carbons (Fsp3) is 0. The summed E-state index contributed by atoms with van der Waals surface area (Å²) in [6.07, 6.45) is 0. The quantitative estimate of drug-likeness (QED) is 0.651. The van der Waals surface area contributed by atoms with Crippen LogP contribution in [0.25, 0.3) is 0 Å². The summed E-state index contributed by atoms with van der Waals surface area (Å²) >= 11 is 2.22. The first-order chi connectivity index (χ1) is 7.65. The van der Waals surface area contributed by atoms with Crippen LogP contribution in [0.2, 0.25) is 0 Å². The van der Waals surface area contributed by atoms with Crippen molar-refractivity contribution in [1.82, 2.24) is 0 Å². The van der Waals surface area contributed by atoms with Crippen molar-refractivity contribution in [2.45, 2.75) is 0 Å². The maximum absolute atomic E-state index is 13.1. The molecule has 0 atom stereocenters. The van der Waals surface area contributed by atoms with Crippen molar-refractivity contribution in [2.75, 3.05) is 11.1 Å². The van der Waals surface area contributed by atoms with Crippen LogP contribution in [0, 0.1) is 9.39 Å². The van der Waals surface area contributed by atoms with Gasteiger partial charge in [0.05, 0.1) is 5.69 Å². The average Bonchev–Trinajstić information content (AvgIpc) is 2.20. The van der Waals surface area contributed by atoms with Crippen LogP contribution in [0.15, 0.2) is 42.5 Å². The van der Waals surface area contributed by atoms with E-state index in [4.69, 9.17) is 5.73 Å². The van der Waals surface area contributed by atoms with Gasteiger partial charge in [-0.3, -0.25) is 0 Å². The van der Waals surface area contributed by atoms with Crippen molar-refractivity contribution >= 4 is 39.7 Å². The molecule has 2 aromatic rings. The first kappa shape index (κ1) is 11.2. The van der Waals surface area contributed by atoms with Gasteiger partial charge in [0.1, 0.15) is 5.82 Å². The van der Waals surface area contributed by atoms with Crippen LogP contribution in [0.3, 0.4) is 0 Å². The van der Waals surface area contributed by atoms with Crippen molar-refractivity contribution in [3.8, 4) is 0 Å². The van der Waals surface area contributed by atoms with Gasteiger partial charge in [0, 0.05) is 14.9 Å². The lowest BCUT2D eigenvalue weighted by Crippen LogP contribution is -1.95. The average molecular weight is 328 g/mol. The number of hydrogen-bond acceptors (Lipinski definition) is 2. The van der Waals surface area contributed by atoms with Crippen LogP contribution in [0.4, 0.5) is 21.5 Å². The molecule has 0 aliphatic heterocycles. The molecule has 0 aliphatic rings. The largest absolute Gasteiger partial charge is 0.399 e.